The number of hydrogen-bond donors (Lipinski definition) is 1. The van der Waals surface area contributed by atoms with Gasteiger partial charge in [0.25, 0.3) is 0 Å². The molecule has 0 spiro atoms. The Morgan fingerprint density at radius 3 is 2.33 bits per heavy atom. The predicted molar refractivity (Wildman–Crippen MR) is 83.5 cm³/mol. The molecular weight excluding hydrogens is 256 g/mol. The maximum absolute atomic E-state index is 9.56. The zero-order chi connectivity index (χ0) is 13.6. The van der Waals surface area contributed by atoms with Gasteiger partial charge in [-0.05, 0) is 25.5 Å². The van der Waals surface area contributed by atoms with Crippen LogP contribution < -0.4 is 0 Å². The molecule has 1 rings (SSSR count). The number of thioether (sulfide) groups is 1. The first kappa shape index (κ1) is 15.4. The maximum atomic E-state index is 9.56. The van der Waals surface area contributed by atoms with E-state index in [1.807, 2.05) is 25.1 Å². The van der Waals surface area contributed by atoms with Gasteiger partial charge in [0.1, 0.15) is 8.07 Å². The zero-order valence-corrected chi connectivity index (χ0v) is 13.4. The van der Waals surface area contributed by atoms with E-state index in [1.165, 1.54) is 4.90 Å². The quantitative estimate of drug-likeness (QED) is 0.513. The lowest BCUT2D eigenvalue weighted by Crippen LogP contribution is -2.18. The van der Waals surface area contributed by atoms with Gasteiger partial charge >= 0.3 is 0 Å². The SMILES string of the molecule is CC(O)CC(C#C[Si](C)(C)C)Sc1ccccc1. The summed E-state index contributed by atoms with van der Waals surface area (Å²) in [4.78, 5) is 1.22. The Bertz CT molecular complexity index is 412. The summed E-state index contributed by atoms with van der Waals surface area (Å²) in [5.74, 6) is 3.35. The molecule has 0 aromatic heterocycles. The lowest BCUT2D eigenvalue weighted by Gasteiger charge is -2.13. The monoisotopic (exact) mass is 278 g/mol. The third-order valence-electron chi connectivity index (χ3n) is 2.18. The molecule has 98 valence electrons. The van der Waals surface area contributed by atoms with Crippen molar-refractivity contribution < 1.29 is 5.11 Å². The summed E-state index contributed by atoms with van der Waals surface area (Å²) in [6, 6.07) is 10.3. The summed E-state index contributed by atoms with van der Waals surface area (Å²) in [6.45, 7) is 8.56. The van der Waals surface area contributed by atoms with Gasteiger partial charge in [-0.15, -0.1) is 17.3 Å². The molecule has 0 saturated heterocycles. The van der Waals surface area contributed by atoms with Crippen LogP contribution >= 0.6 is 11.8 Å². The van der Waals surface area contributed by atoms with Crippen LogP contribution in [0.4, 0.5) is 0 Å². The van der Waals surface area contributed by atoms with Gasteiger partial charge in [-0.2, -0.15) is 0 Å². The first-order chi connectivity index (χ1) is 8.37. The van der Waals surface area contributed by atoms with Crippen LogP contribution in [0.3, 0.4) is 0 Å². The second-order valence-electron chi connectivity index (χ2n) is 5.52. The number of hydrogen-bond acceptors (Lipinski definition) is 2. The second-order valence-corrected chi connectivity index (χ2v) is 11.5. The normalized spacial score (nSPS) is 14.5. The van der Waals surface area contributed by atoms with Crippen molar-refractivity contribution in [3.05, 3.63) is 30.3 Å². The van der Waals surface area contributed by atoms with Crippen molar-refractivity contribution in [2.75, 3.05) is 0 Å². The summed E-state index contributed by atoms with van der Waals surface area (Å²) in [5.41, 5.74) is 3.40. The average Bonchev–Trinajstić information content (AvgIpc) is 2.25. The highest BCUT2D eigenvalue weighted by Crippen LogP contribution is 2.25. The Hall–Kier alpha value is -0.693. The summed E-state index contributed by atoms with van der Waals surface area (Å²) in [7, 11) is -1.34. The summed E-state index contributed by atoms with van der Waals surface area (Å²) < 4.78 is 0. The minimum absolute atomic E-state index is 0.180. The van der Waals surface area contributed by atoms with E-state index in [0.717, 1.165) is 6.42 Å². The van der Waals surface area contributed by atoms with Crippen molar-refractivity contribution in [2.45, 2.75) is 49.2 Å². The van der Waals surface area contributed by atoms with Crippen LogP contribution in [0.5, 0.6) is 0 Å². The molecule has 1 nitrogen and oxygen atoms in total. The van der Waals surface area contributed by atoms with E-state index in [9.17, 15) is 5.11 Å². The van der Waals surface area contributed by atoms with E-state index < -0.39 is 8.07 Å². The van der Waals surface area contributed by atoms with Crippen LogP contribution in [0.1, 0.15) is 13.3 Å². The summed E-state index contributed by atoms with van der Waals surface area (Å²) in [5, 5.41) is 9.74. The standard InChI is InChI=1S/C15H22OSSi/c1-13(16)12-15(10-11-18(2,3)4)17-14-8-6-5-7-9-14/h5-9,13,15-16H,12H2,1-4H3. The van der Waals surface area contributed by atoms with Gasteiger partial charge in [-0.25, -0.2) is 0 Å². The van der Waals surface area contributed by atoms with Crippen LogP contribution in [0.2, 0.25) is 19.6 Å². The molecule has 0 amide bonds. The zero-order valence-electron chi connectivity index (χ0n) is 11.6. The van der Waals surface area contributed by atoms with Crippen LogP contribution in [0.25, 0.3) is 0 Å². The number of aliphatic hydroxyl groups is 1. The van der Waals surface area contributed by atoms with E-state index in [-0.39, 0.29) is 11.4 Å². The number of aliphatic hydroxyl groups excluding tert-OH is 1. The molecule has 18 heavy (non-hydrogen) atoms. The lowest BCUT2D eigenvalue weighted by molar-refractivity contribution is 0.188. The topological polar surface area (TPSA) is 20.2 Å². The predicted octanol–water partition coefficient (Wildman–Crippen LogP) is 3.80. The van der Waals surface area contributed by atoms with Crippen LogP contribution in [0, 0.1) is 11.5 Å². The summed E-state index contributed by atoms with van der Waals surface area (Å²) in [6.07, 6.45) is 0.416. The van der Waals surface area contributed by atoms with Crippen molar-refractivity contribution in [3.63, 3.8) is 0 Å². The van der Waals surface area contributed by atoms with E-state index in [2.05, 4.69) is 43.2 Å². The average molecular weight is 278 g/mol. The molecule has 2 unspecified atom stereocenters. The minimum atomic E-state index is -1.34. The van der Waals surface area contributed by atoms with Crippen molar-refractivity contribution in [1.29, 1.82) is 0 Å². The molecule has 1 aromatic rings. The molecule has 0 fully saturated rings. The number of rotatable bonds is 4. The van der Waals surface area contributed by atoms with Gasteiger partial charge < -0.3 is 5.11 Å². The van der Waals surface area contributed by atoms with E-state index in [4.69, 9.17) is 0 Å². The van der Waals surface area contributed by atoms with E-state index in [1.54, 1.807) is 11.8 Å². The molecule has 3 heteroatoms. The fraction of sp³-hybridized carbons (Fsp3) is 0.467. The lowest BCUT2D eigenvalue weighted by atomic mass is 10.2. The van der Waals surface area contributed by atoms with Crippen LogP contribution in [0.15, 0.2) is 35.2 Å². The van der Waals surface area contributed by atoms with Gasteiger partial charge in [0.05, 0.1) is 11.4 Å². The van der Waals surface area contributed by atoms with Gasteiger partial charge in [0.15, 0.2) is 0 Å². The molecule has 2 atom stereocenters. The Kier molecular flexibility index (Phi) is 6.00. The van der Waals surface area contributed by atoms with Crippen LogP contribution in [-0.4, -0.2) is 24.5 Å². The fourth-order valence-electron chi connectivity index (χ4n) is 1.41. The molecule has 0 saturated carbocycles. The molecule has 1 aromatic carbocycles. The van der Waals surface area contributed by atoms with Crippen LogP contribution in [-0.2, 0) is 0 Å². The van der Waals surface area contributed by atoms with Gasteiger partial charge in [0, 0.05) is 4.90 Å². The second kappa shape index (κ2) is 7.03. The Labute approximate surface area is 116 Å². The first-order valence-electron chi connectivity index (χ1n) is 6.29. The Balaban J connectivity index is 2.75. The molecule has 0 aliphatic rings. The van der Waals surface area contributed by atoms with Crippen molar-refractivity contribution in [3.8, 4) is 11.5 Å². The summed E-state index contributed by atoms with van der Waals surface area (Å²) >= 11 is 1.75. The molecule has 0 aliphatic carbocycles. The fourth-order valence-corrected chi connectivity index (χ4v) is 3.25. The highest BCUT2D eigenvalue weighted by molar-refractivity contribution is 8.00. The minimum Gasteiger partial charge on any atom is -0.393 e. The van der Waals surface area contributed by atoms with Gasteiger partial charge in [-0.3, -0.25) is 0 Å². The molecule has 1 N–H and O–H groups in total. The highest BCUT2D eigenvalue weighted by atomic mass is 32.2. The Morgan fingerprint density at radius 2 is 1.83 bits per heavy atom. The maximum Gasteiger partial charge on any atom is 0.129 e. The number of benzene rings is 1. The van der Waals surface area contributed by atoms with Crippen molar-refractivity contribution >= 4 is 19.8 Å². The molecular formula is C15H22OSSi. The van der Waals surface area contributed by atoms with Crippen molar-refractivity contribution in [2.24, 2.45) is 0 Å². The third-order valence-corrected chi connectivity index (χ3v) is 4.22. The van der Waals surface area contributed by atoms with Crippen molar-refractivity contribution in [1.82, 2.24) is 0 Å². The smallest absolute Gasteiger partial charge is 0.129 e. The largest absolute Gasteiger partial charge is 0.393 e. The Morgan fingerprint density at radius 1 is 1.22 bits per heavy atom. The van der Waals surface area contributed by atoms with Gasteiger partial charge in [0.2, 0.25) is 0 Å². The van der Waals surface area contributed by atoms with E-state index in [0.29, 0.717) is 0 Å². The molecule has 0 heterocycles. The molecule has 0 bridgehead atoms. The first-order valence-corrected chi connectivity index (χ1v) is 10.7. The third kappa shape index (κ3) is 6.90. The highest BCUT2D eigenvalue weighted by Gasteiger charge is 2.13. The van der Waals surface area contributed by atoms with Gasteiger partial charge in [-0.1, -0.05) is 43.8 Å². The molecule has 0 aliphatic heterocycles. The van der Waals surface area contributed by atoms with E-state index >= 15 is 0 Å². The molecule has 0 radical (unpaired) electrons.